The maximum Gasteiger partial charge on any atom is 0.410 e. The molecule has 0 radical (unpaired) electrons. The molecule has 2 atom stereocenters. The van der Waals surface area contributed by atoms with Crippen LogP contribution in [0.3, 0.4) is 0 Å². The summed E-state index contributed by atoms with van der Waals surface area (Å²) in [6, 6.07) is 0.255. The van der Waals surface area contributed by atoms with Crippen molar-refractivity contribution in [1.82, 2.24) is 4.90 Å². The fraction of sp³-hybridized carbons (Fsp3) is 0.917. The van der Waals surface area contributed by atoms with Gasteiger partial charge in [0.1, 0.15) is 0 Å². The molecule has 4 nitrogen and oxygen atoms in total. The molecule has 1 fully saturated rings. The van der Waals surface area contributed by atoms with Crippen LogP contribution in [-0.4, -0.2) is 36.7 Å². The summed E-state index contributed by atoms with van der Waals surface area (Å²) < 4.78 is 5.20. The van der Waals surface area contributed by atoms with E-state index in [1.807, 2.05) is 20.9 Å². The van der Waals surface area contributed by atoms with Gasteiger partial charge in [0.05, 0.1) is 6.10 Å². The van der Waals surface area contributed by atoms with E-state index in [1.54, 1.807) is 4.90 Å². The second-order valence-electron chi connectivity index (χ2n) is 4.89. The summed E-state index contributed by atoms with van der Waals surface area (Å²) >= 11 is 0. The highest BCUT2D eigenvalue weighted by atomic mass is 16.6. The van der Waals surface area contributed by atoms with Gasteiger partial charge >= 0.3 is 6.09 Å². The van der Waals surface area contributed by atoms with Crippen LogP contribution in [0.2, 0.25) is 0 Å². The van der Waals surface area contributed by atoms with Gasteiger partial charge in [-0.25, -0.2) is 4.79 Å². The van der Waals surface area contributed by atoms with E-state index in [2.05, 4.69) is 0 Å². The topological polar surface area (TPSA) is 55.6 Å². The van der Waals surface area contributed by atoms with Crippen LogP contribution >= 0.6 is 0 Å². The van der Waals surface area contributed by atoms with Crippen molar-refractivity contribution >= 4 is 6.09 Å². The van der Waals surface area contributed by atoms with Gasteiger partial charge in [-0.05, 0) is 39.2 Å². The summed E-state index contributed by atoms with van der Waals surface area (Å²) in [6.07, 6.45) is 4.30. The normalized spacial score (nSPS) is 25.6. The number of nitrogens with two attached hydrogens (primary N) is 1. The number of carbonyl (C=O) groups is 1. The number of hydrogen-bond acceptors (Lipinski definition) is 3. The van der Waals surface area contributed by atoms with Crippen LogP contribution in [0, 0.1) is 5.92 Å². The highest BCUT2D eigenvalue weighted by Crippen LogP contribution is 2.27. The van der Waals surface area contributed by atoms with Crippen LogP contribution in [0.15, 0.2) is 0 Å². The Morgan fingerprint density at radius 2 is 2.06 bits per heavy atom. The van der Waals surface area contributed by atoms with Crippen LogP contribution in [0.1, 0.15) is 39.5 Å². The molecule has 0 aliphatic heterocycles. The second kappa shape index (κ2) is 6.09. The Bertz CT molecular complexity index is 231. The summed E-state index contributed by atoms with van der Waals surface area (Å²) in [6.45, 7) is 4.39. The molecule has 16 heavy (non-hydrogen) atoms. The molecular formula is C12H24N2O2. The molecule has 0 aromatic rings. The van der Waals surface area contributed by atoms with Crippen molar-refractivity contribution in [2.24, 2.45) is 11.7 Å². The van der Waals surface area contributed by atoms with Gasteiger partial charge in [0.25, 0.3) is 0 Å². The van der Waals surface area contributed by atoms with E-state index >= 15 is 0 Å². The molecule has 0 bridgehead atoms. The lowest BCUT2D eigenvalue weighted by molar-refractivity contribution is 0.0544. The third-order valence-corrected chi connectivity index (χ3v) is 3.29. The molecule has 2 N–H and O–H groups in total. The molecule has 1 aliphatic carbocycles. The molecule has 1 saturated carbocycles. The standard InChI is InChI=1S/C12H24N2O2/c1-9(2)16-12(15)14(3)11-7-5-4-6-10(11)8-13/h9-11H,4-8,13H2,1-3H3. The zero-order valence-corrected chi connectivity index (χ0v) is 10.6. The van der Waals surface area contributed by atoms with E-state index in [-0.39, 0.29) is 18.2 Å². The molecular weight excluding hydrogens is 204 g/mol. The minimum atomic E-state index is -0.222. The summed E-state index contributed by atoms with van der Waals surface area (Å²) in [5.74, 6) is 0.429. The van der Waals surface area contributed by atoms with Crippen LogP contribution in [0.4, 0.5) is 4.79 Å². The summed E-state index contributed by atoms with van der Waals surface area (Å²) in [5, 5.41) is 0. The van der Waals surface area contributed by atoms with Crippen molar-refractivity contribution in [2.45, 2.75) is 51.7 Å². The molecule has 0 spiro atoms. The predicted octanol–water partition coefficient (Wildman–Crippen LogP) is 1.98. The first-order valence-corrected chi connectivity index (χ1v) is 6.19. The van der Waals surface area contributed by atoms with Gasteiger partial charge in [0.15, 0.2) is 0 Å². The van der Waals surface area contributed by atoms with E-state index in [0.717, 1.165) is 12.8 Å². The number of nitrogens with zero attached hydrogens (tertiary/aromatic N) is 1. The number of ether oxygens (including phenoxy) is 1. The Morgan fingerprint density at radius 3 is 2.62 bits per heavy atom. The van der Waals surface area contributed by atoms with Crippen molar-refractivity contribution in [2.75, 3.05) is 13.6 Å². The van der Waals surface area contributed by atoms with Gasteiger partial charge in [-0.2, -0.15) is 0 Å². The molecule has 94 valence electrons. The molecule has 2 unspecified atom stereocenters. The molecule has 1 rings (SSSR count). The predicted molar refractivity (Wildman–Crippen MR) is 64.2 cm³/mol. The lowest BCUT2D eigenvalue weighted by atomic mass is 9.84. The van der Waals surface area contributed by atoms with Gasteiger partial charge in [0.2, 0.25) is 0 Å². The average molecular weight is 228 g/mol. The van der Waals surface area contributed by atoms with Crippen molar-refractivity contribution in [1.29, 1.82) is 0 Å². The van der Waals surface area contributed by atoms with Gasteiger partial charge in [-0.3, -0.25) is 0 Å². The van der Waals surface area contributed by atoms with Gasteiger partial charge in [-0.15, -0.1) is 0 Å². The van der Waals surface area contributed by atoms with Crippen LogP contribution in [-0.2, 0) is 4.74 Å². The summed E-state index contributed by atoms with van der Waals surface area (Å²) in [7, 11) is 1.82. The Balaban J connectivity index is 2.56. The largest absolute Gasteiger partial charge is 0.447 e. The Hall–Kier alpha value is -0.770. The quantitative estimate of drug-likeness (QED) is 0.803. The molecule has 0 aromatic carbocycles. The van der Waals surface area contributed by atoms with E-state index in [0.29, 0.717) is 12.5 Å². The highest BCUT2D eigenvalue weighted by molar-refractivity contribution is 5.67. The Kier molecular flexibility index (Phi) is 5.06. The van der Waals surface area contributed by atoms with E-state index in [1.165, 1.54) is 12.8 Å². The molecule has 0 saturated heterocycles. The van der Waals surface area contributed by atoms with Gasteiger partial charge in [-0.1, -0.05) is 12.8 Å². The fourth-order valence-electron chi connectivity index (χ4n) is 2.39. The number of amides is 1. The van der Waals surface area contributed by atoms with Crippen molar-refractivity contribution < 1.29 is 9.53 Å². The summed E-state index contributed by atoms with van der Waals surface area (Å²) in [4.78, 5) is 13.5. The van der Waals surface area contributed by atoms with E-state index in [9.17, 15) is 4.79 Å². The minimum absolute atomic E-state index is 0.0603. The number of carbonyl (C=O) groups excluding carboxylic acids is 1. The van der Waals surface area contributed by atoms with Gasteiger partial charge in [0, 0.05) is 13.1 Å². The Morgan fingerprint density at radius 1 is 1.44 bits per heavy atom. The zero-order chi connectivity index (χ0) is 12.1. The lowest BCUT2D eigenvalue weighted by Gasteiger charge is -2.37. The van der Waals surface area contributed by atoms with Crippen molar-refractivity contribution in [3.05, 3.63) is 0 Å². The average Bonchev–Trinajstić information content (AvgIpc) is 2.27. The molecule has 1 aliphatic rings. The molecule has 1 amide bonds. The first-order valence-electron chi connectivity index (χ1n) is 6.19. The van der Waals surface area contributed by atoms with Gasteiger partial charge < -0.3 is 15.4 Å². The maximum atomic E-state index is 11.8. The first-order chi connectivity index (χ1) is 7.56. The summed E-state index contributed by atoms with van der Waals surface area (Å²) in [5.41, 5.74) is 5.75. The number of hydrogen-bond donors (Lipinski definition) is 1. The van der Waals surface area contributed by atoms with Crippen LogP contribution < -0.4 is 5.73 Å². The second-order valence-corrected chi connectivity index (χ2v) is 4.89. The highest BCUT2D eigenvalue weighted by Gasteiger charge is 2.30. The minimum Gasteiger partial charge on any atom is -0.447 e. The van der Waals surface area contributed by atoms with E-state index < -0.39 is 0 Å². The fourth-order valence-corrected chi connectivity index (χ4v) is 2.39. The monoisotopic (exact) mass is 228 g/mol. The molecule has 0 aromatic heterocycles. The first kappa shape index (κ1) is 13.3. The smallest absolute Gasteiger partial charge is 0.410 e. The molecule has 4 heteroatoms. The SMILES string of the molecule is CC(C)OC(=O)N(C)C1CCCCC1CN. The van der Waals surface area contributed by atoms with Crippen molar-refractivity contribution in [3.63, 3.8) is 0 Å². The Labute approximate surface area is 98.1 Å². The van der Waals surface area contributed by atoms with Crippen molar-refractivity contribution in [3.8, 4) is 0 Å². The third-order valence-electron chi connectivity index (χ3n) is 3.29. The van der Waals surface area contributed by atoms with Crippen LogP contribution in [0.5, 0.6) is 0 Å². The zero-order valence-electron chi connectivity index (χ0n) is 10.6. The lowest BCUT2D eigenvalue weighted by Crippen LogP contribution is -2.46. The van der Waals surface area contributed by atoms with Crippen LogP contribution in [0.25, 0.3) is 0 Å². The van der Waals surface area contributed by atoms with E-state index in [4.69, 9.17) is 10.5 Å². The number of rotatable bonds is 3. The molecule has 0 heterocycles. The third kappa shape index (κ3) is 3.37. The maximum absolute atomic E-state index is 11.8.